The Morgan fingerprint density at radius 3 is 2.12 bits per heavy atom. The summed E-state index contributed by atoms with van der Waals surface area (Å²) < 4.78 is 10.7. The fourth-order valence-corrected chi connectivity index (χ4v) is 4.28. The lowest BCUT2D eigenvalue weighted by Crippen LogP contribution is -2.24. The molecule has 0 aromatic rings. The quantitative estimate of drug-likeness (QED) is 0.434. The van der Waals surface area contributed by atoms with E-state index in [1.165, 1.54) is 70.6 Å². The van der Waals surface area contributed by atoms with Crippen molar-refractivity contribution in [3.05, 3.63) is 0 Å². The highest BCUT2D eigenvalue weighted by Gasteiger charge is 2.16. The van der Waals surface area contributed by atoms with Crippen molar-refractivity contribution < 1.29 is 19.4 Å². The third kappa shape index (κ3) is 9.60. The Hall–Kier alpha value is -0.610. The predicted octanol–water partition coefficient (Wildman–Crippen LogP) is 4.63. The molecule has 1 unspecified atom stereocenters. The Morgan fingerprint density at radius 2 is 1.48 bits per heavy atom. The van der Waals surface area contributed by atoms with Crippen LogP contribution in [0.4, 0.5) is 0 Å². The van der Waals surface area contributed by atoms with E-state index in [0.717, 1.165) is 18.8 Å². The van der Waals surface area contributed by atoms with Gasteiger partial charge in [0, 0.05) is 13.0 Å². The first-order valence-corrected chi connectivity index (χ1v) is 10.7. The molecule has 0 saturated heterocycles. The molecule has 0 aromatic heterocycles. The van der Waals surface area contributed by atoms with E-state index in [4.69, 9.17) is 9.47 Å². The molecule has 0 heterocycles. The maximum Gasteiger partial charge on any atom is 0.305 e. The molecule has 0 aromatic carbocycles. The number of aliphatic hydroxyl groups excluding tert-OH is 1. The van der Waals surface area contributed by atoms with Crippen LogP contribution in [0.3, 0.4) is 0 Å². The number of esters is 1. The standard InChI is InChI=1S/C21H38O4/c22-20(16-24-15-7-12-18-8-3-1-4-9-18)17-25-21(23)14-13-19-10-5-2-6-11-19/h18-20,22H,1-17H2. The van der Waals surface area contributed by atoms with Gasteiger partial charge in [0.05, 0.1) is 6.61 Å². The molecule has 146 valence electrons. The fourth-order valence-electron chi connectivity index (χ4n) is 4.28. The summed E-state index contributed by atoms with van der Waals surface area (Å²) in [4.78, 5) is 11.8. The first kappa shape index (κ1) is 20.7. The first-order chi connectivity index (χ1) is 12.2. The average Bonchev–Trinajstić information content (AvgIpc) is 2.66. The molecular formula is C21H38O4. The van der Waals surface area contributed by atoms with Crippen LogP contribution < -0.4 is 0 Å². The molecule has 0 bridgehead atoms. The molecular weight excluding hydrogens is 316 g/mol. The predicted molar refractivity (Wildman–Crippen MR) is 99.4 cm³/mol. The monoisotopic (exact) mass is 354 g/mol. The van der Waals surface area contributed by atoms with Crippen molar-refractivity contribution in [2.75, 3.05) is 19.8 Å². The van der Waals surface area contributed by atoms with Gasteiger partial charge in [0.2, 0.25) is 0 Å². The van der Waals surface area contributed by atoms with E-state index in [1.807, 2.05) is 0 Å². The largest absolute Gasteiger partial charge is 0.463 e. The molecule has 2 fully saturated rings. The van der Waals surface area contributed by atoms with Gasteiger partial charge in [-0.15, -0.1) is 0 Å². The summed E-state index contributed by atoms with van der Waals surface area (Å²) in [5.74, 6) is 1.40. The molecule has 2 rings (SSSR count). The molecule has 2 aliphatic carbocycles. The van der Waals surface area contributed by atoms with Crippen LogP contribution in [0.1, 0.15) is 89.9 Å². The van der Waals surface area contributed by atoms with Crippen molar-refractivity contribution in [2.45, 2.75) is 96.0 Å². The maximum absolute atomic E-state index is 11.8. The van der Waals surface area contributed by atoms with Crippen LogP contribution in [0, 0.1) is 11.8 Å². The third-order valence-electron chi connectivity index (χ3n) is 5.85. The third-order valence-corrected chi connectivity index (χ3v) is 5.85. The van der Waals surface area contributed by atoms with Gasteiger partial charge in [0.15, 0.2) is 0 Å². The lowest BCUT2D eigenvalue weighted by Gasteiger charge is -2.21. The number of hydrogen-bond donors (Lipinski definition) is 1. The zero-order valence-electron chi connectivity index (χ0n) is 15.9. The van der Waals surface area contributed by atoms with E-state index in [2.05, 4.69) is 0 Å². The van der Waals surface area contributed by atoms with Crippen LogP contribution in [-0.2, 0) is 14.3 Å². The second-order valence-electron chi connectivity index (χ2n) is 8.10. The summed E-state index contributed by atoms with van der Waals surface area (Å²) in [7, 11) is 0. The van der Waals surface area contributed by atoms with E-state index >= 15 is 0 Å². The highest BCUT2D eigenvalue weighted by atomic mass is 16.5. The van der Waals surface area contributed by atoms with E-state index in [1.54, 1.807) is 0 Å². The summed E-state index contributed by atoms with van der Waals surface area (Å²) in [5, 5.41) is 9.86. The Balaban J connectivity index is 1.40. The Morgan fingerprint density at radius 1 is 0.880 bits per heavy atom. The topological polar surface area (TPSA) is 55.8 Å². The second kappa shape index (κ2) is 12.7. The molecule has 2 saturated carbocycles. The number of aliphatic hydroxyl groups is 1. The van der Waals surface area contributed by atoms with Crippen LogP contribution in [-0.4, -0.2) is 37.0 Å². The molecule has 1 N–H and O–H groups in total. The summed E-state index contributed by atoms with van der Waals surface area (Å²) in [6, 6.07) is 0. The molecule has 0 aliphatic heterocycles. The molecule has 0 amide bonds. The smallest absolute Gasteiger partial charge is 0.305 e. The Labute approximate surface area is 153 Å². The number of hydrogen-bond acceptors (Lipinski definition) is 4. The van der Waals surface area contributed by atoms with E-state index in [9.17, 15) is 9.90 Å². The highest BCUT2D eigenvalue weighted by molar-refractivity contribution is 5.69. The van der Waals surface area contributed by atoms with Crippen molar-refractivity contribution in [3.63, 3.8) is 0 Å². The zero-order valence-corrected chi connectivity index (χ0v) is 15.9. The molecule has 25 heavy (non-hydrogen) atoms. The van der Waals surface area contributed by atoms with Crippen molar-refractivity contribution in [1.82, 2.24) is 0 Å². The van der Waals surface area contributed by atoms with E-state index in [-0.39, 0.29) is 19.2 Å². The molecule has 0 radical (unpaired) electrons. The summed E-state index contributed by atoms with van der Waals surface area (Å²) >= 11 is 0. The minimum atomic E-state index is -0.701. The van der Waals surface area contributed by atoms with Crippen LogP contribution in [0.2, 0.25) is 0 Å². The van der Waals surface area contributed by atoms with Crippen molar-refractivity contribution in [3.8, 4) is 0 Å². The van der Waals surface area contributed by atoms with Crippen molar-refractivity contribution in [2.24, 2.45) is 11.8 Å². The SMILES string of the molecule is O=C(CCC1CCCCC1)OCC(O)COCCCC1CCCCC1. The number of ether oxygens (including phenoxy) is 2. The highest BCUT2D eigenvalue weighted by Crippen LogP contribution is 2.28. The Bertz CT molecular complexity index is 346. The number of rotatable bonds is 11. The summed E-state index contributed by atoms with van der Waals surface area (Å²) in [6.07, 6.45) is 16.4. The van der Waals surface area contributed by atoms with Crippen LogP contribution in [0.25, 0.3) is 0 Å². The summed E-state index contributed by atoms with van der Waals surface area (Å²) in [5.41, 5.74) is 0. The number of carbonyl (C=O) groups is 1. The minimum absolute atomic E-state index is 0.0616. The van der Waals surface area contributed by atoms with Gasteiger partial charge in [-0.3, -0.25) is 4.79 Å². The van der Waals surface area contributed by atoms with Gasteiger partial charge in [-0.2, -0.15) is 0 Å². The van der Waals surface area contributed by atoms with Gasteiger partial charge in [0.1, 0.15) is 12.7 Å². The van der Waals surface area contributed by atoms with Crippen molar-refractivity contribution >= 4 is 5.97 Å². The van der Waals surface area contributed by atoms with E-state index in [0.29, 0.717) is 18.9 Å². The maximum atomic E-state index is 11.8. The molecule has 4 heteroatoms. The molecule has 2 aliphatic rings. The van der Waals surface area contributed by atoms with Gasteiger partial charge in [-0.1, -0.05) is 64.2 Å². The Kier molecular flexibility index (Phi) is 10.5. The van der Waals surface area contributed by atoms with Gasteiger partial charge in [0.25, 0.3) is 0 Å². The van der Waals surface area contributed by atoms with Gasteiger partial charge < -0.3 is 14.6 Å². The second-order valence-corrected chi connectivity index (χ2v) is 8.10. The minimum Gasteiger partial charge on any atom is -0.463 e. The zero-order chi connectivity index (χ0) is 17.7. The lowest BCUT2D eigenvalue weighted by molar-refractivity contribution is -0.148. The first-order valence-electron chi connectivity index (χ1n) is 10.7. The van der Waals surface area contributed by atoms with E-state index < -0.39 is 6.10 Å². The summed E-state index contributed by atoms with van der Waals surface area (Å²) in [6.45, 7) is 1.02. The average molecular weight is 355 g/mol. The van der Waals surface area contributed by atoms with Crippen LogP contribution in [0.5, 0.6) is 0 Å². The fraction of sp³-hybridized carbons (Fsp3) is 0.952. The normalized spacial score (nSPS) is 21.2. The van der Waals surface area contributed by atoms with Crippen molar-refractivity contribution in [1.29, 1.82) is 0 Å². The molecule has 0 spiro atoms. The van der Waals surface area contributed by atoms with Gasteiger partial charge in [-0.05, 0) is 31.1 Å². The lowest BCUT2D eigenvalue weighted by atomic mass is 9.86. The van der Waals surface area contributed by atoms with Crippen LogP contribution >= 0.6 is 0 Å². The van der Waals surface area contributed by atoms with Gasteiger partial charge >= 0.3 is 5.97 Å². The number of carbonyl (C=O) groups excluding carboxylic acids is 1. The van der Waals surface area contributed by atoms with Gasteiger partial charge in [-0.25, -0.2) is 0 Å². The molecule has 1 atom stereocenters. The molecule has 4 nitrogen and oxygen atoms in total. The van der Waals surface area contributed by atoms with Crippen LogP contribution in [0.15, 0.2) is 0 Å².